The number of methoxy groups -OCH3 is 1. The van der Waals surface area contributed by atoms with Gasteiger partial charge in [0.15, 0.2) is 9.84 Å². The van der Waals surface area contributed by atoms with E-state index in [2.05, 4.69) is 6.07 Å². The van der Waals surface area contributed by atoms with Gasteiger partial charge in [-0.25, -0.2) is 25.3 Å². The van der Waals surface area contributed by atoms with Crippen molar-refractivity contribution in [2.75, 3.05) is 7.11 Å². The average molecular weight is 699 g/mol. The van der Waals surface area contributed by atoms with E-state index in [0.717, 1.165) is 36.9 Å². The fraction of sp³-hybridized carbons (Fsp3) is 0.0769. The van der Waals surface area contributed by atoms with Gasteiger partial charge < -0.3 is 14.0 Å². The molecule has 0 spiro atoms. The van der Waals surface area contributed by atoms with E-state index in [1.165, 1.54) is 48.5 Å². The summed E-state index contributed by atoms with van der Waals surface area (Å²) in [4.78, 5) is -1.18. The van der Waals surface area contributed by atoms with Crippen molar-refractivity contribution in [2.24, 2.45) is 0 Å². The molecule has 0 atom stereocenters. The Bertz CT molecular complexity index is 2020. The van der Waals surface area contributed by atoms with Crippen LogP contribution in [0, 0.1) is 13.0 Å². The Balaban J connectivity index is 0.00000152. The summed E-state index contributed by atoms with van der Waals surface area (Å²) in [6.07, 6.45) is 0. The second-order valence-electron chi connectivity index (χ2n) is 8.25. The predicted octanol–water partition coefficient (Wildman–Crippen LogP) is -2.83. The number of aryl methyl sites for hydroxylation is 1. The number of hydrogen-bond acceptors (Lipinski definition) is 12. The summed E-state index contributed by atoms with van der Waals surface area (Å²) in [5.41, 5.74) is 0.937. The van der Waals surface area contributed by atoms with Crippen molar-refractivity contribution >= 4 is 40.4 Å². The summed E-state index contributed by atoms with van der Waals surface area (Å²) in [7, 11) is -14.8. The third-order valence-electron chi connectivity index (χ3n) is 5.47. The van der Waals surface area contributed by atoms with E-state index in [-0.39, 0.29) is 85.3 Å². The van der Waals surface area contributed by atoms with E-state index in [4.69, 9.17) is 22.1 Å². The summed E-state index contributed by atoms with van der Waals surface area (Å²) in [6, 6.07) is 21.5. The van der Waals surface area contributed by atoms with Crippen LogP contribution in [0.5, 0.6) is 17.2 Å². The van der Waals surface area contributed by atoms with Crippen LogP contribution in [0.1, 0.15) is 5.56 Å². The van der Waals surface area contributed by atoms with Crippen LogP contribution in [0.2, 0.25) is 0 Å². The molecule has 4 aromatic rings. The summed E-state index contributed by atoms with van der Waals surface area (Å²) in [6.45, 7) is 1.86. The molecule has 0 aromatic heterocycles. The smallest absolute Gasteiger partial charge is 0.744 e. The molecule has 4 rings (SSSR count). The number of ether oxygens (including phenoxy) is 2. The number of rotatable bonds is 8. The maximum Gasteiger partial charge on any atom is 1.00 e. The van der Waals surface area contributed by atoms with Crippen LogP contribution >= 0.6 is 0 Å². The van der Waals surface area contributed by atoms with Crippen LogP contribution in [0.4, 0.5) is 0 Å². The molecule has 0 aliphatic heterocycles. The van der Waals surface area contributed by atoms with Gasteiger partial charge in [-0.05, 0) is 66.4 Å². The van der Waals surface area contributed by atoms with Crippen LogP contribution in [0.15, 0.2) is 109 Å². The van der Waals surface area contributed by atoms with Crippen molar-refractivity contribution in [1.29, 1.82) is 0 Å². The standard InChI is InChI=1S/C26H21O9S3.2Na.O3S/c1-18-3-9-21(10-4-18)36(27,28)22-11-5-19(6-12-22)35-20-7-13-23(14-8-20)37(29,30)24-15-16-25(34-2)26(17-24)38(31,32)33;;;1-4(2)3/h3-7,9-17H,1-2H3,(H,31,32,33);;;/q-1;2*+1;/p-1. The molecule has 222 valence electrons. The van der Waals surface area contributed by atoms with Gasteiger partial charge in [0.05, 0.1) is 26.7 Å². The van der Waals surface area contributed by atoms with Crippen LogP contribution in [0.25, 0.3) is 0 Å². The van der Waals surface area contributed by atoms with E-state index >= 15 is 0 Å². The Morgan fingerprint density at radius 3 is 1.59 bits per heavy atom. The second kappa shape index (κ2) is 16.5. The molecule has 0 saturated heterocycles. The topological polar surface area (TPSA) is 195 Å². The maximum absolute atomic E-state index is 13.0. The van der Waals surface area contributed by atoms with Gasteiger partial charge in [-0.2, -0.15) is 12.1 Å². The van der Waals surface area contributed by atoms with Crippen molar-refractivity contribution in [3.63, 3.8) is 0 Å². The van der Waals surface area contributed by atoms with Crippen LogP contribution in [0.3, 0.4) is 0 Å². The molecule has 0 fully saturated rings. The van der Waals surface area contributed by atoms with Crippen LogP contribution < -0.4 is 68.6 Å². The van der Waals surface area contributed by atoms with E-state index in [1.807, 2.05) is 6.92 Å². The van der Waals surface area contributed by atoms with Crippen molar-refractivity contribution in [3.8, 4) is 17.2 Å². The minimum absolute atomic E-state index is 0. The monoisotopic (exact) mass is 698 g/mol. The Hall–Kier alpha value is -2.09. The fourth-order valence-corrected chi connectivity index (χ4v) is 6.71. The van der Waals surface area contributed by atoms with Gasteiger partial charge in [-0.15, -0.1) is 24.8 Å². The molecule has 0 N–H and O–H groups in total. The Morgan fingerprint density at radius 2 is 1.14 bits per heavy atom. The van der Waals surface area contributed by atoms with Gasteiger partial charge in [0.1, 0.15) is 21.6 Å². The van der Waals surface area contributed by atoms with Crippen molar-refractivity contribution in [1.82, 2.24) is 0 Å². The van der Waals surface area contributed by atoms with Crippen molar-refractivity contribution < 1.29 is 111 Å². The first-order valence-corrected chi connectivity index (χ1v) is 16.7. The quantitative estimate of drug-likeness (QED) is 0.104. The zero-order valence-corrected chi connectivity index (χ0v) is 30.9. The third-order valence-corrected chi connectivity index (χ3v) is 9.87. The first-order chi connectivity index (χ1) is 19.5. The molecule has 0 saturated carbocycles. The Morgan fingerprint density at radius 1 is 0.682 bits per heavy atom. The molecule has 0 unspecified atom stereocenters. The normalized spacial score (nSPS) is 11.1. The van der Waals surface area contributed by atoms with Gasteiger partial charge >= 0.3 is 69.7 Å². The minimum Gasteiger partial charge on any atom is -0.744 e. The molecule has 4 aromatic carbocycles. The van der Waals surface area contributed by atoms with Crippen LogP contribution in [-0.4, -0.2) is 49.5 Å². The predicted molar refractivity (Wildman–Crippen MR) is 145 cm³/mol. The summed E-state index contributed by atoms with van der Waals surface area (Å²) < 4.78 is 122. The maximum atomic E-state index is 13.0. The molecular formula is C26H20Na2O12S4. The molecule has 0 radical (unpaired) electrons. The Labute approximate surface area is 300 Å². The molecule has 12 nitrogen and oxygen atoms in total. The SMILES string of the molecule is COc1ccc(S(=O)(=O)c2c[c-]c(Oc3ccc(S(=O)(=O)c4ccc(C)cc4)cc3)cc2)cc1S(=O)(=O)[O-].O=S(=O)=O.[Na+].[Na+]. The van der Waals surface area contributed by atoms with Gasteiger partial charge in [-0.3, -0.25) is 0 Å². The van der Waals surface area contributed by atoms with Crippen LogP contribution in [-0.2, 0) is 40.4 Å². The zero-order chi connectivity index (χ0) is 31.3. The first-order valence-electron chi connectivity index (χ1n) is 11.3. The van der Waals surface area contributed by atoms with Gasteiger partial charge in [0.25, 0.3) is 0 Å². The van der Waals surface area contributed by atoms with Crippen molar-refractivity contribution in [2.45, 2.75) is 31.4 Å². The molecule has 18 heteroatoms. The number of benzene rings is 4. The zero-order valence-electron chi connectivity index (χ0n) is 23.6. The molecule has 0 heterocycles. The van der Waals surface area contributed by atoms with E-state index in [1.54, 1.807) is 12.1 Å². The summed E-state index contributed by atoms with van der Waals surface area (Å²) in [5, 5.41) is 0. The fourth-order valence-electron chi connectivity index (χ4n) is 3.45. The summed E-state index contributed by atoms with van der Waals surface area (Å²) >= 11 is 0. The first kappa shape index (κ1) is 39.9. The number of hydrogen-bond donors (Lipinski definition) is 0. The summed E-state index contributed by atoms with van der Waals surface area (Å²) in [5.74, 6) is 0.169. The van der Waals surface area contributed by atoms with E-state index < -0.39 is 50.2 Å². The van der Waals surface area contributed by atoms with E-state index in [0.29, 0.717) is 5.75 Å². The molecule has 44 heavy (non-hydrogen) atoms. The minimum atomic E-state index is -4.99. The van der Waals surface area contributed by atoms with Crippen molar-refractivity contribution in [3.05, 3.63) is 96.6 Å². The molecule has 0 bridgehead atoms. The number of sulfone groups is 2. The second-order valence-corrected chi connectivity index (χ2v) is 13.9. The molecular weight excluding hydrogens is 679 g/mol. The van der Waals surface area contributed by atoms with Gasteiger partial charge in [0.2, 0.25) is 9.84 Å². The average Bonchev–Trinajstić information content (AvgIpc) is 2.93. The molecule has 0 aliphatic rings. The van der Waals surface area contributed by atoms with Gasteiger partial charge in [0, 0.05) is 5.75 Å². The van der Waals surface area contributed by atoms with Gasteiger partial charge in [-0.1, -0.05) is 17.7 Å². The molecule has 0 amide bonds. The molecule has 0 aliphatic carbocycles. The third kappa shape index (κ3) is 10.2. The van der Waals surface area contributed by atoms with E-state index in [9.17, 15) is 29.8 Å². The Kier molecular flexibility index (Phi) is 14.9. The largest absolute Gasteiger partial charge is 1.00 e.